The number of rotatable bonds is 10. The van der Waals surface area contributed by atoms with Gasteiger partial charge in [-0.1, -0.05) is 52.9 Å². The number of imide groups is 1. The molecule has 2 N–H and O–H groups in total. The van der Waals surface area contributed by atoms with Gasteiger partial charge in [-0.2, -0.15) is 0 Å². The quantitative estimate of drug-likeness (QED) is 0.450. The molecule has 2 rings (SSSR count). The molecule has 6 nitrogen and oxygen atoms in total. The number of hydrogen-bond donors (Lipinski definition) is 2. The van der Waals surface area contributed by atoms with Gasteiger partial charge in [0, 0.05) is 6.54 Å². The van der Waals surface area contributed by atoms with E-state index in [-0.39, 0.29) is 18.4 Å². The fourth-order valence-electron chi connectivity index (χ4n) is 4.20. The van der Waals surface area contributed by atoms with Gasteiger partial charge in [0.05, 0.1) is 0 Å². The van der Waals surface area contributed by atoms with Gasteiger partial charge in [0.2, 0.25) is 5.91 Å². The van der Waals surface area contributed by atoms with E-state index in [1.54, 1.807) is 0 Å². The first-order valence-corrected chi connectivity index (χ1v) is 10.8. The molecule has 1 saturated carbocycles. The molecule has 1 aliphatic carbocycles. The van der Waals surface area contributed by atoms with Crippen LogP contribution in [0.15, 0.2) is 0 Å². The fourth-order valence-corrected chi connectivity index (χ4v) is 4.20. The SMILES string of the molecule is CCC1CCC2(CC1)NC(=O)N(CC(=O)NCCCCCCC(C)C)C2=O. The van der Waals surface area contributed by atoms with Gasteiger partial charge in [-0.05, 0) is 43.9 Å². The zero-order valence-corrected chi connectivity index (χ0v) is 17.3. The second-order valence-electron chi connectivity index (χ2n) is 8.70. The molecule has 2 fully saturated rings. The number of nitrogens with one attached hydrogen (secondary N) is 2. The maximum Gasteiger partial charge on any atom is 0.325 e. The number of carbonyl (C=O) groups is 3. The van der Waals surface area contributed by atoms with Crippen LogP contribution in [-0.4, -0.2) is 41.4 Å². The van der Waals surface area contributed by atoms with Crippen molar-refractivity contribution >= 4 is 17.8 Å². The second-order valence-corrected chi connectivity index (χ2v) is 8.70. The number of amides is 4. The highest BCUT2D eigenvalue weighted by Gasteiger charge is 2.52. The Bertz CT molecular complexity index is 525. The molecule has 0 atom stereocenters. The van der Waals surface area contributed by atoms with E-state index >= 15 is 0 Å². The molecular weight excluding hydrogens is 342 g/mol. The Morgan fingerprint density at radius 1 is 1.19 bits per heavy atom. The molecule has 2 aliphatic rings. The van der Waals surface area contributed by atoms with Crippen molar-refractivity contribution in [3.05, 3.63) is 0 Å². The molecule has 0 radical (unpaired) electrons. The molecule has 0 unspecified atom stereocenters. The Kier molecular flexibility index (Phi) is 8.11. The molecule has 1 aliphatic heterocycles. The smallest absolute Gasteiger partial charge is 0.325 e. The van der Waals surface area contributed by atoms with Crippen LogP contribution in [0.3, 0.4) is 0 Å². The van der Waals surface area contributed by atoms with Gasteiger partial charge in [0.25, 0.3) is 5.91 Å². The fraction of sp³-hybridized carbons (Fsp3) is 0.857. The molecule has 4 amide bonds. The highest BCUT2D eigenvalue weighted by molar-refractivity contribution is 6.09. The predicted molar refractivity (Wildman–Crippen MR) is 106 cm³/mol. The molecule has 27 heavy (non-hydrogen) atoms. The summed E-state index contributed by atoms with van der Waals surface area (Å²) >= 11 is 0. The highest BCUT2D eigenvalue weighted by Crippen LogP contribution is 2.37. The van der Waals surface area contributed by atoms with Crippen LogP contribution in [0.1, 0.15) is 85.0 Å². The Balaban J connectivity index is 1.70. The number of carbonyl (C=O) groups excluding carboxylic acids is 3. The van der Waals surface area contributed by atoms with Gasteiger partial charge in [-0.15, -0.1) is 0 Å². The largest absolute Gasteiger partial charge is 0.355 e. The van der Waals surface area contributed by atoms with Crippen LogP contribution in [0.25, 0.3) is 0 Å². The maximum absolute atomic E-state index is 12.8. The average Bonchev–Trinajstić information content (AvgIpc) is 2.85. The lowest BCUT2D eigenvalue weighted by Gasteiger charge is -2.34. The van der Waals surface area contributed by atoms with Crippen molar-refractivity contribution in [1.29, 1.82) is 0 Å². The molecule has 1 spiro atoms. The number of nitrogens with zero attached hydrogens (tertiary/aromatic N) is 1. The molecule has 1 saturated heterocycles. The van der Waals surface area contributed by atoms with E-state index in [2.05, 4.69) is 31.4 Å². The summed E-state index contributed by atoms with van der Waals surface area (Å²) < 4.78 is 0. The summed E-state index contributed by atoms with van der Waals surface area (Å²) in [6, 6.07) is -0.418. The van der Waals surface area contributed by atoms with E-state index in [1.165, 1.54) is 19.3 Å². The number of urea groups is 1. The van der Waals surface area contributed by atoms with Crippen LogP contribution in [-0.2, 0) is 9.59 Å². The molecule has 6 heteroatoms. The van der Waals surface area contributed by atoms with Crippen LogP contribution in [0, 0.1) is 11.8 Å². The van der Waals surface area contributed by atoms with Crippen molar-refractivity contribution in [1.82, 2.24) is 15.5 Å². The minimum Gasteiger partial charge on any atom is -0.355 e. The predicted octanol–water partition coefficient (Wildman–Crippen LogP) is 3.60. The molecule has 1 heterocycles. The monoisotopic (exact) mass is 379 g/mol. The number of unbranched alkanes of at least 4 members (excludes halogenated alkanes) is 3. The first kappa shape index (κ1) is 21.7. The Labute approximate surface area is 163 Å². The van der Waals surface area contributed by atoms with Crippen molar-refractivity contribution in [3.63, 3.8) is 0 Å². The van der Waals surface area contributed by atoms with Crippen molar-refractivity contribution < 1.29 is 14.4 Å². The van der Waals surface area contributed by atoms with Crippen molar-refractivity contribution in [2.45, 2.75) is 90.5 Å². The van der Waals surface area contributed by atoms with Crippen molar-refractivity contribution in [3.8, 4) is 0 Å². The molecule has 154 valence electrons. The van der Waals surface area contributed by atoms with Crippen LogP contribution in [0.2, 0.25) is 0 Å². The summed E-state index contributed by atoms with van der Waals surface area (Å²) in [5.41, 5.74) is -0.764. The average molecular weight is 380 g/mol. The van der Waals surface area contributed by atoms with E-state index in [9.17, 15) is 14.4 Å². The minimum absolute atomic E-state index is 0.170. The molecule has 0 aromatic heterocycles. The summed E-state index contributed by atoms with van der Waals surface area (Å²) in [6.45, 7) is 7.06. The summed E-state index contributed by atoms with van der Waals surface area (Å²) in [4.78, 5) is 38.3. The first-order valence-electron chi connectivity index (χ1n) is 10.8. The first-order chi connectivity index (χ1) is 12.9. The van der Waals surface area contributed by atoms with Gasteiger partial charge in [-0.25, -0.2) is 4.79 Å². The zero-order valence-electron chi connectivity index (χ0n) is 17.3. The normalized spacial score (nSPS) is 25.3. The van der Waals surface area contributed by atoms with E-state index in [0.717, 1.165) is 42.9 Å². The Hall–Kier alpha value is -1.59. The Morgan fingerprint density at radius 3 is 2.48 bits per heavy atom. The van der Waals surface area contributed by atoms with Gasteiger partial charge in [-0.3, -0.25) is 14.5 Å². The third-order valence-electron chi connectivity index (χ3n) is 6.11. The lowest BCUT2D eigenvalue weighted by molar-refractivity contribution is -0.136. The van der Waals surface area contributed by atoms with E-state index in [0.29, 0.717) is 25.3 Å². The molecular formula is C21H37N3O3. The van der Waals surface area contributed by atoms with Gasteiger partial charge in [0.15, 0.2) is 0 Å². The van der Waals surface area contributed by atoms with Crippen LogP contribution < -0.4 is 10.6 Å². The van der Waals surface area contributed by atoms with E-state index < -0.39 is 11.6 Å². The maximum atomic E-state index is 12.8. The standard InChI is InChI=1S/C21H37N3O3/c1-4-17-10-12-21(13-11-17)19(26)24(20(27)23-21)15-18(25)22-14-8-6-5-7-9-16(2)3/h16-17H,4-15H2,1-3H3,(H,22,25)(H,23,27). The summed E-state index contributed by atoms with van der Waals surface area (Å²) in [6.07, 6.45) is 10.1. The van der Waals surface area contributed by atoms with Crippen LogP contribution >= 0.6 is 0 Å². The van der Waals surface area contributed by atoms with Gasteiger partial charge in [0.1, 0.15) is 12.1 Å². The summed E-state index contributed by atoms with van der Waals surface area (Å²) in [7, 11) is 0. The summed E-state index contributed by atoms with van der Waals surface area (Å²) in [5, 5.41) is 5.72. The van der Waals surface area contributed by atoms with Gasteiger partial charge < -0.3 is 10.6 Å². The van der Waals surface area contributed by atoms with Gasteiger partial charge >= 0.3 is 6.03 Å². The zero-order chi connectivity index (χ0) is 19.9. The minimum atomic E-state index is -0.764. The molecule has 0 bridgehead atoms. The van der Waals surface area contributed by atoms with Crippen molar-refractivity contribution in [2.75, 3.05) is 13.1 Å². The third-order valence-corrected chi connectivity index (χ3v) is 6.11. The summed E-state index contributed by atoms with van der Waals surface area (Å²) in [5.74, 6) is 0.915. The number of hydrogen-bond acceptors (Lipinski definition) is 3. The van der Waals surface area contributed by atoms with E-state index in [1.807, 2.05) is 0 Å². The lowest BCUT2D eigenvalue weighted by Crippen LogP contribution is -2.50. The van der Waals surface area contributed by atoms with E-state index in [4.69, 9.17) is 0 Å². The third kappa shape index (κ3) is 5.94. The second kappa shape index (κ2) is 10.1. The molecule has 0 aromatic carbocycles. The molecule has 0 aromatic rings. The lowest BCUT2D eigenvalue weighted by atomic mass is 9.75. The topological polar surface area (TPSA) is 78.5 Å². The van der Waals surface area contributed by atoms with Crippen LogP contribution in [0.5, 0.6) is 0 Å². The van der Waals surface area contributed by atoms with Crippen LogP contribution in [0.4, 0.5) is 4.79 Å². The van der Waals surface area contributed by atoms with Crippen molar-refractivity contribution in [2.24, 2.45) is 11.8 Å². The highest BCUT2D eigenvalue weighted by atomic mass is 16.2. The Morgan fingerprint density at radius 2 is 1.85 bits per heavy atom.